The molecule has 0 bridgehead atoms. The number of nitrogens with one attached hydrogen (secondary N) is 1. The first-order valence-corrected chi connectivity index (χ1v) is 12.6. The van der Waals surface area contributed by atoms with Crippen LogP contribution >= 0.6 is 11.3 Å². The van der Waals surface area contributed by atoms with Crippen LogP contribution in [0, 0.1) is 12.8 Å². The van der Waals surface area contributed by atoms with Crippen molar-refractivity contribution in [1.82, 2.24) is 33.4 Å². The summed E-state index contributed by atoms with van der Waals surface area (Å²) >= 11 is 1.65. The number of imidazole rings is 2. The van der Waals surface area contributed by atoms with Gasteiger partial charge in [0, 0.05) is 42.8 Å². The number of hydrogen-bond acceptors (Lipinski definition) is 6. The molecule has 1 N–H and O–H groups in total. The number of thiazole rings is 1. The molecule has 1 aliphatic heterocycles. The van der Waals surface area contributed by atoms with Crippen LogP contribution < -0.4 is 11.2 Å². The van der Waals surface area contributed by atoms with E-state index in [2.05, 4.69) is 36.9 Å². The molecule has 0 aromatic carbocycles. The number of aryl methyl sites for hydroxylation is 2. The van der Waals surface area contributed by atoms with Crippen molar-refractivity contribution in [3.63, 3.8) is 0 Å². The summed E-state index contributed by atoms with van der Waals surface area (Å²) < 4.78 is 5.64. The fraction of sp³-hybridized carbons (Fsp3) is 0.565. The third kappa shape index (κ3) is 4.06. The van der Waals surface area contributed by atoms with Crippen LogP contribution in [0.15, 0.2) is 22.0 Å². The second kappa shape index (κ2) is 8.57. The molecule has 0 unspecified atom stereocenters. The molecule has 5 rings (SSSR count). The number of aromatic nitrogens is 6. The molecule has 0 amide bonds. The van der Waals surface area contributed by atoms with Crippen molar-refractivity contribution in [1.29, 1.82) is 0 Å². The van der Waals surface area contributed by atoms with E-state index in [9.17, 15) is 9.59 Å². The molecule has 0 saturated carbocycles. The van der Waals surface area contributed by atoms with E-state index in [0.717, 1.165) is 49.0 Å². The number of nitrogens with zero attached hydrogens (tertiary/aromatic N) is 6. The lowest BCUT2D eigenvalue weighted by atomic mass is 9.95. The minimum Gasteiger partial charge on any atom is -0.322 e. The molecule has 4 aromatic rings. The fourth-order valence-electron chi connectivity index (χ4n) is 4.96. The predicted molar refractivity (Wildman–Crippen MR) is 130 cm³/mol. The van der Waals surface area contributed by atoms with Gasteiger partial charge in [-0.15, -0.1) is 11.3 Å². The summed E-state index contributed by atoms with van der Waals surface area (Å²) in [7, 11) is 0. The van der Waals surface area contributed by atoms with Gasteiger partial charge in [0.15, 0.2) is 16.1 Å². The Labute approximate surface area is 195 Å². The largest absolute Gasteiger partial charge is 0.330 e. The van der Waals surface area contributed by atoms with Crippen LogP contribution in [0.4, 0.5) is 0 Å². The Bertz CT molecular complexity index is 1380. The van der Waals surface area contributed by atoms with Crippen LogP contribution in [0.25, 0.3) is 16.1 Å². The van der Waals surface area contributed by atoms with Crippen LogP contribution in [0.5, 0.6) is 0 Å². The molecule has 0 radical (unpaired) electrons. The van der Waals surface area contributed by atoms with Crippen molar-refractivity contribution in [2.24, 2.45) is 5.92 Å². The second-order valence-corrected chi connectivity index (χ2v) is 10.5. The van der Waals surface area contributed by atoms with E-state index in [1.54, 1.807) is 15.9 Å². The number of H-pyrrole nitrogens is 1. The third-order valence-corrected chi connectivity index (χ3v) is 7.67. The van der Waals surface area contributed by atoms with Gasteiger partial charge >= 0.3 is 5.69 Å². The van der Waals surface area contributed by atoms with Crippen LogP contribution in [-0.4, -0.2) is 52.5 Å². The molecule has 0 spiro atoms. The number of fused-ring (bicyclic) bond motifs is 2. The van der Waals surface area contributed by atoms with Crippen molar-refractivity contribution < 1.29 is 0 Å². The van der Waals surface area contributed by atoms with Gasteiger partial charge in [-0.1, -0.05) is 0 Å². The van der Waals surface area contributed by atoms with Gasteiger partial charge in [-0.2, -0.15) is 0 Å². The lowest BCUT2D eigenvalue weighted by Crippen LogP contribution is -2.39. The van der Waals surface area contributed by atoms with Gasteiger partial charge in [0.05, 0.1) is 5.69 Å². The van der Waals surface area contributed by atoms with E-state index in [1.807, 2.05) is 22.1 Å². The van der Waals surface area contributed by atoms with Gasteiger partial charge in [0.2, 0.25) is 0 Å². The van der Waals surface area contributed by atoms with Crippen molar-refractivity contribution in [3.05, 3.63) is 49.6 Å². The number of aromatic amines is 1. The molecular formula is C23H31N7O2S. The van der Waals surface area contributed by atoms with Crippen molar-refractivity contribution in [3.8, 4) is 0 Å². The molecular weight excluding hydrogens is 438 g/mol. The minimum absolute atomic E-state index is 0.362. The van der Waals surface area contributed by atoms with Crippen molar-refractivity contribution in [2.75, 3.05) is 13.1 Å². The van der Waals surface area contributed by atoms with E-state index < -0.39 is 5.69 Å². The summed E-state index contributed by atoms with van der Waals surface area (Å²) in [6.07, 6.45) is 6.79. The Morgan fingerprint density at radius 1 is 1.15 bits per heavy atom. The molecule has 1 saturated heterocycles. The van der Waals surface area contributed by atoms with Crippen molar-refractivity contribution in [2.45, 2.75) is 66.1 Å². The highest BCUT2D eigenvalue weighted by molar-refractivity contribution is 7.16. The normalized spacial score (nSPS) is 16.0. The Hall–Kier alpha value is -2.72. The average molecular weight is 470 g/mol. The molecule has 33 heavy (non-hydrogen) atoms. The topological polar surface area (TPSA) is 93.2 Å². The van der Waals surface area contributed by atoms with E-state index in [-0.39, 0.29) is 5.56 Å². The Balaban J connectivity index is 1.55. The summed E-state index contributed by atoms with van der Waals surface area (Å²) in [4.78, 5) is 42.1. The van der Waals surface area contributed by atoms with Gasteiger partial charge < -0.3 is 9.47 Å². The van der Waals surface area contributed by atoms with E-state index in [4.69, 9.17) is 9.97 Å². The zero-order valence-electron chi connectivity index (χ0n) is 19.7. The maximum Gasteiger partial charge on any atom is 0.330 e. The van der Waals surface area contributed by atoms with Gasteiger partial charge in [-0.3, -0.25) is 18.7 Å². The van der Waals surface area contributed by atoms with Crippen LogP contribution in [0.1, 0.15) is 50.0 Å². The maximum absolute atomic E-state index is 12.9. The summed E-state index contributed by atoms with van der Waals surface area (Å²) in [5.41, 5.74) is 1.11. The highest BCUT2D eigenvalue weighted by Gasteiger charge is 2.25. The Morgan fingerprint density at radius 3 is 2.58 bits per heavy atom. The molecule has 5 heterocycles. The third-order valence-electron chi connectivity index (χ3n) is 6.76. The molecule has 0 aliphatic carbocycles. The first kappa shape index (κ1) is 22.1. The zero-order valence-corrected chi connectivity index (χ0v) is 20.5. The molecule has 10 heteroatoms. The first-order valence-electron chi connectivity index (χ1n) is 11.7. The summed E-state index contributed by atoms with van der Waals surface area (Å²) in [6.45, 7) is 11.8. The minimum atomic E-state index is -0.408. The smallest absolute Gasteiger partial charge is 0.322 e. The number of hydrogen-bond donors (Lipinski definition) is 1. The predicted octanol–water partition coefficient (Wildman–Crippen LogP) is 2.64. The van der Waals surface area contributed by atoms with Crippen LogP contribution in [-0.2, 0) is 19.5 Å². The SMILES string of the molecule is CCn1c(=O)[nH]c(=O)c2c1nc(Cc1cn3cc(C)sc3n1)n2CC1CCN(C(C)C)CC1. The monoisotopic (exact) mass is 469 g/mol. The Morgan fingerprint density at radius 2 is 1.91 bits per heavy atom. The quantitative estimate of drug-likeness (QED) is 0.469. The maximum atomic E-state index is 12.9. The van der Waals surface area contributed by atoms with Crippen LogP contribution in [0.3, 0.4) is 0 Å². The van der Waals surface area contributed by atoms with Gasteiger partial charge in [0.25, 0.3) is 5.56 Å². The van der Waals surface area contributed by atoms with E-state index >= 15 is 0 Å². The molecule has 4 aromatic heterocycles. The van der Waals surface area contributed by atoms with Crippen LogP contribution in [0.2, 0.25) is 0 Å². The summed E-state index contributed by atoms with van der Waals surface area (Å²) in [6, 6.07) is 0.552. The van der Waals surface area contributed by atoms with E-state index in [0.29, 0.717) is 36.1 Å². The molecule has 1 aliphatic rings. The van der Waals surface area contributed by atoms with Gasteiger partial charge in [-0.25, -0.2) is 14.8 Å². The highest BCUT2D eigenvalue weighted by atomic mass is 32.1. The number of piperidine rings is 1. The lowest BCUT2D eigenvalue weighted by Gasteiger charge is -2.34. The lowest BCUT2D eigenvalue weighted by molar-refractivity contribution is 0.142. The van der Waals surface area contributed by atoms with Gasteiger partial charge in [0.1, 0.15) is 5.82 Å². The van der Waals surface area contributed by atoms with E-state index in [1.165, 1.54) is 4.88 Å². The Kier molecular flexibility index (Phi) is 5.74. The van der Waals surface area contributed by atoms with Gasteiger partial charge in [-0.05, 0) is 59.5 Å². The molecule has 176 valence electrons. The number of likely N-dealkylation sites (tertiary alicyclic amines) is 1. The highest BCUT2D eigenvalue weighted by Crippen LogP contribution is 2.25. The molecule has 1 fully saturated rings. The second-order valence-electron chi connectivity index (χ2n) is 9.33. The number of rotatable bonds is 6. The summed E-state index contributed by atoms with van der Waals surface area (Å²) in [5, 5.41) is 0. The fourth-order valence-corrected chi connectivity index (χ4v) is 5.79. The van der Waals surface area contributed by atoms with Crippen molar-refractivity contribution >= 4 is 27.5 Å². The molecule has 0 atom stereocenters. The molecule has 9 nitrogen and oxygen atoms in total. The summed E-state index contributed by atoms with van der Waals surface area (Å²) in [5.74, 6) is 1.25. The average Bonchev–Trinajstić information content (AvgIpc) is 3.40. The zero-order chi connectivity index (χ0) is 23.3. The first-order chi connectivity index (χ1) is 15.8. The standard InChI is InChI=1S/C23H31N7O2S/c1-5-29-20-19(21(31)26-22(29)32)30(12-16-6-8-27(9-7-16)14(2)3)18(25-20)10-17-13-28-11-15(4)33-23(28)24-17/h11,13-14,16H,5-10,12H2,1-4H3,(H,26,31,32).